The molecule has 0 saturated carbocycles. The Balaban J connectivity index is 2.96. The Bertz CT molecular complexity index is 616. The van der Waals surface area contributed by atoms with Gasteiger partial charge < -0.3 is 4.98 Å². The monoisotopic (exact) mass is 233 g/mol. The summed E-state index contributed by atoms with van der Waals surface area (Å²) in [6.45, 7) is 1.42. The van der Waals surface area contributed by atoms with Crippen LogP contribution in [0, 0.1) is 0 Å². The van der Waals surface area contributed by atoms with Gasteiger partial charge >= 0.3 is 0 Å². The highest BCUT2D eigenvalue weighted by Crippen LogP contribution is 2.26. The molecule has 82 valence electrons. The maximum atomic E-state index is 11.8. The molecule has 0 aliphatic heterocycles. The second kappa shape index (κ2) is 4.14. The molecule has 1 aromatic heterocycles. The molecular weight excluding hydrogens is 222 g/mol. The van der Waals surface area contributed by atoms with Gasteiger partial charge in [0.25, 0.3) is 5.56 Å². The van der Waals surface area contributed by atoms with Crippen LogP contribution < -0.4 is 5.56 Å². The molecule has 2 rings (SSSR count). The lowest BCUT2D eigenvalue weighted by atomic mass is 10.1. The average Bonchev–Trinajstić information content (AvgIpc) is 2.26. The summed E-state index contributed by atoms with van der Waals surface area (Å²) in [4.78, 5) is 26.7. The highest BCUT2D eigenvalue weighted by Gasteiger charge is 2.14. The number of benzene rings is 1. The number of carbonyl (C=O) groups excluding carboxylic acids is 1. The molecule has 0 radical (unpaired) electrons. The molecule has 3 nitrogen and oxygen atoms in total. The van der Waals surface area contributed by atoms with E-state index >= 15 is 0 Å². The van der Waals surface area contributed by atoms with Crippen LogP contribution in [0.4, 0.5) is 0 Å². The van der Waals surface area contributed by atoms with Crippen molar-refractivity contribution in [1.82, 2.24) is 4.98 Å². The number of para-hydroxylation sites is 1. The molecule has 2 aromatic rings. The summed E-state index contributed by atoms with van der Waals surface area (Å²) in [6.07, 6.45) is 1.87. The highest BCUT2D eigenvalue weighted by molar-refractivity contribution is 7.99. The van der Waals surface area contributed by atoms with Crippen LogP contribution in [-0.4, -0.2) is 17.0 Å². The molecule has 0 aliphatic rings. The van der Waals surface area contributed by atoms with Crippen molar-refractivity contribution < 1.29 is 4.79 Å². The van der Waals surface area contributed by atoms with E-state index in [1.807, 2.05) is 30.5 Å². The minimum atomic E-state index is -0.310. The third kappa shape index (κ3) is 1.65. The number of aromatic amines is 1. The third-order valence-electron chi connectivity index (χ3n) is 2.43. The standard InChI is InChI=1S/C12H11NO2S/c1-7(14)10-11(16-2)8-5-3-4-6-9(8)13-12(10)15/h3-6H,1-2H3,(H,13,15). The lowest BCUT2D eigenvalue weighted by molar-refractivity contribution is 0.101. The van der Waals surface area contributed by atoms with Crippen LogP contribution in [0.2, 0.25) is 0 Å². The smallest absolute Gasteiger partial charge is 0.260 e. The van der Waals surface area contributed by atoms with E-state index < -0.39 is 0 Å². The molecule has 0 amide bonds. The zero-order valence-electron chi connectivity index (χ0n) is 9.03. The molecule has 0 atom stereocenters. The third-order valence-corrected chi connectivity index (χ3v) is 3.26. The summed E-state index contributed by atoms with van der Waals surface area (Å²) in [5.74, 6) is -0.198. The zero-order chi connectivity index (χ0) is 11.7. The van der Waals surface area contributed by atoms with E-state index in [0.29, 0.717) is 0 Å². The van der Waals surface area contributed by atoms with Gasteiger partial charge in [0, 0.05) is 15.8 Å². The number of H-pyrrole nitrogens is 1. The fourth-order valence-electron chi connectivity index (χ4n) is 1.74. The highest BCUT2D eigenvalue weighted by atomic mass is 32.2. The van der Waals surface area contributed by atoms with E-state index in [-0.39, 0.29) is 16.9 Å². The fraction of sp³-hybridized carbons (Fsp3) is 0.167. The van der Waals surface area contributed by atoms with E-state index in [2.05, 4.69) is 4.98 Å². The van der Waals surface area contributed by atoms with Crippen LogP contribution in [0.15, 0.2) is 34.0 Å². The number of hydrogen-bond acceptors (Lipinski definition) is 3. The number of pyridine rings is 1. The summed E-state index contributed by atoms with van der Waals surface area (Å²) in [5.41, 5.74) is 0.712. The van der Waals surface area contributed by atoms with Crippen LogP contribution in [0.5, 0.6) is 0 Å². The summed E-state index contributed by atoms with van der Waals surface area (Å²) >= 11 is 1.43. The number of hydrogen-bond donors (Lipinski definition) is 1. The van der Waals surface area contributed by atoms with Gasteiger partial charge in [-0.05, 0) is 19.2 Å². The Hall–Kier alpha value is -1.55. The molecular formula is C12H11NO2S. The van der Waals surface area contributed by atoms with Crippen molar-refractivity contribution in [3.63, 3.8) is 0 Å². The number of rotatable bonds is 2. The van der Waals surface area contributed by atoms with Gasteiger partial charge in [0.15, 0.2) is 5.78 Å². The van der Waals surface area contributed by atoms with Crippen molar-refractivity contribution in [2.75, 3.05) is 6.26 Å². The Morgan fingerprint density at radius 2 is 2.00 bits per heavy atom. The first-order chi connectivity index (χ1) is 7.65. The minimum Gasteiger partial charge on any atom is -0.321 e. The predicted octanol–water partition coefficient (Wildman–Crippen LogP) is 2.45. The van der Waals surface area contributed by atoms with Gasteiger partial charge in [-0.2, -0.15) is 0 Å². The fourth-order valence-corrected chi connectivity index (χ4v) is 2.58. The van der Waals surface area contributed by atoms with E-state index in [1.165, 1.54) is 18.7 Å². The number of aromatic nitrogens is 1. The second-order valence-corrected chi connectivity index (χ2v) is 4.28. The molecule has 0 spiro atoms. The first kappa shape index (κ1) is 11.0. The van der Waals surface area contributed by atoms with Crippen molar-refractivity contribution in [3.05, 3.63) is 40.2 Å². The molecule has 0 fully saturated rings. The number of carbonyl (C=O) groups is 1. The van der Waals surface area contributed by atoms with Crippen molar-refractivity contribution >= 4 is 28.4 Å². The van der Waals surface area contributed by atoms with E-state index in [1.54, 1.807) is 0 Å². The van der Waals surface area contributed by atoms with Gasteiger partial charge in [-0.3, -0.25) is 9.59 Å². The van der Waals surface area contributed by atoms with Gasteiger partial charge in [-0.1, -0.05) is 18.2 Å². The number of Topliss-reactive ketones (excluding diaryl/α,β-unsaturated/α-hetero) is 1. The number of thioether (sulfide) groups is 1. The number of fused-ring (bicyclic) bond motifs is 1. The van der Waals surface area contributed by atoms with Crippen molar-refractivity contribution in [1.29, 1.82) is 0 Å². The number of nitrogens with one attached hydrogen (secondary N) is 1. The quantitative estimate of drug-likeness (QED) is 0.640. The largest absolute Gasteiger partial charge is 0.321 e. The normalized spacial score (nSPS) is 10.6. The topological polar surface area (TPSA) is 49.9 Å². The molecule has 0 bridgehead atoms. The first-order valence-electron chi connectivity index (χ1n) is 4.85. The summed E-state index contributed by atoms with van der Waals surface area (Å²) < 4.78 is 0. The van der Waals surface area contributed by atoms with Gasteiger partial charge in [0.1, 0.15) is 0 Å². The maximum Gasteiger partial charge on any atom is 0.260 e. The Labute approximate surface area is 96.9 Å². The molecule has 1 aromatic carbocycles. The SMILES string of the molecule is CSc1c(C(C)=O)c(=O)[nH]c2ccccc12. The summed E-state index contributed by atoms with van der Waals surface area (Å²) in [5, 5.41) is 0.916. The summed E-state index contributed by atoms with van der Waals surface area (Å²) in [6, 6.07) is 7.49. The maximum absolute atomic E-state index is 11.8. The van der Waals surface area contributed by atoms with E-state index in [9.17, 15) is 9.59 Å². The van der Waals surface area contributed by atoms with Crippen LogP contribution in [0.25, 0.3) is 10.9 Å². The Morgan fingerprint density at radius 3 is 2.62 bits per heavy atom. The van der Waals surface area contributed by atoms with Gasteiger partial charge in [0.2, 0.25) is 0 Å². The van der Waals surface area contributed by atoms with Crippen molar-refractivity contribution in [2.45, 2.75) is 11.8 Å². The first-order valence-corrected chi connectivity index (χ1v) is 6.07. The molecule has 1 N–H and O–H groups in total. The van der Waals surface area contributed by atoms with Crippen molar-refractivity contribution in [3.8, 4) is 0 Å². The van der Waals surface area contributed by atoms with Gasteiger partial charge in [-0.15, -0.1) is 11.8 Å². The molecule has 0 aliphatic carbocycles. The second-order valence-electron chi connectivity index (χ2n) is 3.46. The molecule has 0 saturated heterocycles. The molecule has 16 heavy (non-hydrogen) atoms. The van der Waals surface area contributed by atoms with Crippen molar-refractivity contribution in [2.24, 2.45) is 0 Å². The van der Waals surface area contributed by atoms with Crippen LogP contribution in [0.1, 0.15) is 17.3 Å². The lowest BCUT2D eigenvalue weighted by Crippen LogP contribution is -2.17. The number of ketones is 1. The van der Waals surface area contributed by atoms with Crippen LogP contribution in [-0.2, 0) is 0 Å². The Morgan fingerprint density at radius 1 is 1.31 bits per heavy atom. The van der Waals surface area contributed by atoms with Gasteiger partial charge in [0.05, 0.1) is 5.56 Å². The predicted molar refractivity (Wildman–Crippen MR) is 66.4 cm³/mol. The Kier molecular flexibility index (Phi) is 2.83. The minimum absolute atomic E-state index is 0.198. The lowest BCUT2D eigenvalue weighted by Gasteiger charge is -2.07. The average molecular weight is 233 g/mol. The molecule has 0 unspecified atom stereocenters. The van der Waals surface area contributed by atoms with E-state index in [0.717, 1.165) is 15.8 Å². The van der Waals surface area contributed by atoms with Crippen LogP contribution >= 0.6 is 11.8 Å². The zero-order valence-corrected chi connectivity index (χ0v) is 9.85. The molecule has 4 heteroatoms. The van der Waals surface area contributed by atoms with Gasteiger partial charge in [-0.25, -0.2) is 0 Å². The van der Waals surface area contributed by atoms with Crippen LogP contribution in [0.3, 0.4) is 0 Å². The van der Waals surface area contributed by atoms with E-state index in [4.69, 9.17) is 0 Å². The molecule has 1 heterocycles. The summed E-state index contributed by atoms with van der Waals surface area (Å²) in [7, 11) is 0.